The van der Waals surface area contributed by atoms with E-state index in [2.05, 4.69) is 10.6 Å². The molecule has 1 amide bonds. The normalized spacial score (nSPS) is 19.2. The van der Waals surface area contributed by atoms with E-state index in [1.165, 1.54) is 0 Å². The first kappa shape index (κ1) is 13.9. The first-order valence-electron chi connectivity index (χ1n) is 7.01. The van der Waals surface area contributed by atoms with Crippen molar-refractivity contribution in [3.8, 4) is 0 Å². The molecule has 104 valence electrons. The zero-order chi connectivity index (χ0) is 13.7. The summed E-state index contributed by atoms with van der Waals surface area (Å²) in [6.45, 7) is 3.31. The Bertz CT molecular complexity index is 434. The van der Waals surface area contributed by atoms with Crippen LogP contribution >= 0.6 is 0 Å². The molecule has 2 atom stereocenters. The number of aliphatic hydroxyl groups excluding tert-OH is 1. The third kappa shape index (κ3) is 3.47. The van der Waals surface area contributed by atoms with Crippen LogP contribution in [-0.4, -0.2) is 30.2 Å². The van der Waals surface area contributed by atoms with Crippen molar-refractivity contribution in [2.75, 3.05) is 18.4 Å². The van der Waals surface area contributed by atoms with Gasteiger partial charge in [-0.15, -0.1) is 0 Å². The van der Waals surface area contributed by atoms with E-state index in [-0.39, 0.29) is 17.9 Å². The summed E-state index contributed by atoms with van der Waals surface area (Å²) in [6.07, 6.45) is 1.85. The number of para-hydroxylation sites is 1. The molecular weight excluding hydrogens is 240 g/mol. The predicted octanol–water partition coefficient (Wildman–Crippen LogP) is 1.86. The van der Waals surface area contributed by atoms with Crippen LogP contribution in [0.15, 0.2) is 24.3 Å². The molecule has 0 fully saturated rings. The van der Waals surface area contributed by atoms with Gasteiger partial charge in [0.15, 0.2) is 0 Å². The molecule has 0 saturated carbocycles. The fourth-order valence-electron chi connectivity index (χ4n) is 2.43. The van der Waals surface area contributed by atoms with Crippen LogP contribution < -0.4 is 10.6 Å². The lowest BCUT2D eigenvalue weighted by Crippen LogP contribution is -2.34. The number of hydrogen-bond acceptors (Lipinski definition) is 3. The van der Waals surface area contributed by atoms with Crippen molar-refractivity contribution in [3.63, 3.8) is 0 Å². The Morgan fingerprint density at radius 2 is 2.32 bits per heavy atom. The third-order valence-electron chi connectivity index (χ3n) is 3.65. The maximum Gasteiger partial charge on any atom is 0.227 e. The summed E-state index contributed by atoms with van der Waals surface area (Å²) in [5.74, 6) is -0.00604. The number of amides is 1. The number of rotatable bonds is 5. The summed E-state index contributed by atoms with van der Waals surface area (Å²) >= 11 is 0. The number of carbonyl (C=O) groups is 1. The number of fused-ring (bicyclic) bond motifs is 1. The molecule has 4 nitrogen and oxygen atoms in total. The molecule has 0 aromatic heterocycles. The van der Waals surface area contributed by atoms with E-state index in [4.69, 9.17) is 0 Å². The Balaban J connectivity index is 1.93. The van der Waals surface area contributed by atoms with Gasteiger partial charge in [0.2, 0.25) is 5.91 Å². The highest BCUT2D eigenvalue weighted by Crippen LogP contribution is 2.31. The number of nitrogens with one attached hydrogen (secondary N) is 2. The summed E-state index contributed by atoms with van der Waals surface area (Å²) in [6, 6.07) is 7.96. The second-order valence-electron chi connectivity index (χ2n) is 5.00. The summed E-state index contributed by atoms with van der Waals surface area (Å²) in [5, 5.41) is 15.7. The lowest BCUT2D eigenvalue weighted by molar-refractivity contribution is -0.122. The number of hydrogen-bond donors (Lipinski definition) is 3. The summed E-state index contributed by atoms with van der Waals surface area (Å²) < 4.78 is 0. The van der Waals surface area contributed by atoms with Gasteiger partial charge in [-0.3, -0.25) is 4.79 Å². The second kappa shape index (κ2) is 6.57. The SMILES string of the molecule is CCC(O)CCNC(=O)C1CCNc2ccccc21. The highest BCUT2D eigenvalue weighted by molar-refractivity contribution is 5.86. The van der Waals surface area contributed by atoms with Crippen molar-refractivity contribution in [3.05, 3.63) is 29.8 Å². The van der Waals surface area contributed by atoms with E-state index in [0.29, 0.717) is 13.0 Å². The molecule has 1 aromatic rings. The van der Waals surface area contributed by atoms with Gasteiger partial charge >= 0.3 is 0 Å². The average molecular weight is 262 g/mol. The Hall–Kier alpha value is -1.55. The zero-order valence-corrected chi connectivity index (χ0v) is 11.4. The van der Waals surface area contributed by atoms with Crippen LogP contribution in [0.3, 0.4) is 0 Å². The highest BCUT2D eigenvalue weighted by Gasteiger charge is 2.25. The molecule has 0 saturated heterocycles. The van der Waals surface area contributed by atoms with Crippen molar-refractivity contribution >= 4 is 11.6 Å². The Kier molecular flexibility index (Phi) is 4.80. The van der Waals surface area contributed by atoms with Gasteiger partial charge in [-0.2, -0.15) is 0 Å². The Morgan fingerprint density at radius 1 is 1.53 bits per heavy atom. The van der Waals surface area contributed by atoms with E-state index in [0.717, 1.165) is 30.6 Å². The number of aliphatic hydroxyl groups is 1. The van der Waals surface area contributed by atoms with Crippen molar-refractivity contribution in [2.45, 2.75) is 38.2 Å². The average Bonchev–Trinajstić information content (AvgIpc) is 2.46. The van der Waals surface area contributed by atoms with Crippen LogP contribution in [0.2, 0.25) is 0 Å². The largest absolute Gasteiger partial charge is 0.393 e. The van der Waals surface area contributed by atoms with Gasteiger partial charge in [-0.25, -0.2) is 0 Å². The topological polar surface area (TPSA) is 61.4 Å². The number of benzene rings is 1. The van der Waals surface area contributed by atoms with Gasteiger partial charge in [0, 0.05) is 18.8 Å². The molecule has 19 heavy (non-hydrogen) atoms. The van der Waals surface area contributed by atoms with Crippen molar-refractivity contribution in [1.82, 2.24) is 5.32 Å². The maximum atomic E-state index is 12.2. The summed E-state index contributed by atoms with van der Waals surface area (Å²) in [4.78, 5) is 12.2. The smallest absolute Gasteiger partial charge is 0.227 e. The van der Waals surface area contributed by atoms with Crippen molar-refractivity contribution in [2.24, 2.45) is 0 Å². The molecule has 4 heteroatoms. The van der Waals surface area contributed by atoms with Crippen LogP contribution in [-0.2, 0) is 4.79 Å². The fraction of sp³-hybridized carbons (Fsp3) is 0.533. The first-order valence-corrected chi connectivity index (χ1v) is 7.01. The lowest BCUT2D eigenvalue weighted by atomic mass is 9.90. The van der Waals surface area contributed by atoms with Crippen LogP contribution in [0.5, 0.6) is 0 Å². The molecule has 0 radical (unpaired) electrons. The van der Waals surface area contributed by atoms with Crippen LogP contribution in [0.25, 0.3) is 0 Å². The molecule has 1 aliphatic rings. The Labute approximate surface area is 114 Å². The van der Waals surface area contributed by atoms with E-state index < -0.39 is 0 Å². The van der Waals surface area contributed by atoms with Gasteiger partial charge in [-0.05, 0) is 30.9 Å². The minimum atomic E-state index is -0.319. The van der Waals surface area contributed by atoms with Gasteiger partial charge in [0.25, 0.3) is 0 Å². The molecule has 0 aliphatic carbocycles. The summed E-state index contributed by atoms with van der Waals surface area (Å²) in [5.41, 5.74) is 2.13. The lowest BCUT2D eigenvalue weighted by Gasteiger charge is -2.26. The molecule has 2 rings (SSSR count). The van der Waals surface area contributed by atoms with E-state index in [9.17, 15) is 9.90 Å². The van der Waals surface area contributed by atoms with E-state index in [1.54, 1.807) is 0 Å². The minimum absolute atomic E-state index is 0.0669. The molecule has 3 N–H and O–H groups in total. The quantitative estimate of drug-likeness (QED) is 0.759. The fourth-order valence-corrected chi connectivity index (χ4v) is 2.43. The monoisotopic (exact) mass is 262 g/mol. The van der Waals surface area contributed by atoms with Crippen molar-refractivity contribution < 1.29 is 9.90 Å². The van der Waals surface area contributed by atoms with Gasteiger partial charge in [0.05, 0.1) is 12.0 Å². The molecule has 1 aliphatic heterocycles. The molecule has 2 unspecified atom stereocenters. The minimum Gasteiger partial charge on any atom is -0.393 e. The third-order valence-corrected chi connectivity index (χ3v) is 3.65. The van der Waals surface area contributed by atoms with Gasteiger partial charge in [0.1, 0.15) is 0 Å². The number of anilines is 1. The molecule has 1 heterocycles. The van der Waals surface area contributed by atoms with Crippen LogP contribution in [0.4, 0.5) is 5.69 Å². The maximum absolute atomic E-state index is 12.2. The first-order chi connectivity index (χ1) is 9.22. The van der Waals surface area contributed by atoms with Crippen LogP contribution in [0.1, 0.15) is 37.7 Å². The Morgan fingerprint density at radius 3 is 3.11 bits per heavy atom. The zero-order valence-electron chi connectivity index (χ0n) is 11.4. The predicted molar refractivity (Wildman–Crippen MR) is 76.2 cm³/mol. The van der Waals surface area contributed by atoms with E-state index >= 15 is 0 Å². The molecular formula is C15H22N2O2. The van der Waals surface area contributed by atoms with Crippen LogP contribution in [0, 0.1) is 0 Å². The van der Waals surface area contributed by atoms with Gasteiger partial charge < -0.3 is 15.7 Å². The standard InChI is InChI=1S/C15H22N2O2/c1-2-11(18)7-9-17-15(19)13-8-10-16-14-6-4-3-5-12(13)14/h3-6,11,13,16,18H,2,7-10H2,1H3,(H,17,19). The molecule has 0 bridgehead atoms. The van der Waals surface area contributed by atoms with E-state index in [1.807, 2.05) is 31.2 Å². The number of carbonyl (C=O) groups excluding carboxylic acids is 1. The second-order valence-corrected chi connectivity index (χ2v) is 5.00. The molecule has 0 spiro atoms. The summed E-state index contributed by atoms with van der Waals surface area (Å²) in [7, 11) is 0. The van der Waals surface area contributed by atoms with Crippen molar-refractivity contribution in [1.29, 1.82) is 0 Å². The van der Waals surface area contributed by atoms with Gasteiger partial charge in [-0.1, -0.05) is 25.1 Å². The highest BCUT2D eigenvalue weighted by atomic mass is 16.3. The molecule has 1 aromatic carbocycles.